The second kappa shape index (κ2) is 8.85. The van der Waals surface area contributed by atoms with Crippen molar-refractivity contribution in [2.75, 3.05) is 36.4 Å². The van der Waals surface area contributed by atoms with Gasteiger partial charge in [0.1, 0.15) is 6.33 Å². The van der Waals surface area contributed by atoms with E-state index in [1.807, 2.05) is 32.0 Å². The molecule has 4 heterocycles. The number of hydrogen-bond acceptors (Lipinski definition) is 7. The maximum absolute atomic E-state index is 12.3. The predicted molar refractivity (Wildman–Crippen MR) is 145 cm³/mol. The molecule has 2 aromatic heterocycles. The summed E-state index contributed by atoms with van der Waals surface area (Å²) < 4.78 is 1.79. The maximum atomic E-state index is 12.3. The Hall–Kier alpha value is -3.98. The van der Waals surface area contributed by atoms with Gasteiger partial charge in [0.05, 0.1) is 17.4 Å². The van der Waals surface area contributed by atoms with Crippen LogP contribution in [0.3, 0.4) is 0 Å². The number of anilines is 3. The molecule has 0 saturated carbocycles. The first kappa shape index (κ1) is 23.4. The van der Waals surface area contributed by atoms with Gasteiger partial charge in [-0.1, -0.05) is 6.07 Å². The maximum Gasteiger partial charge on any atom is 0.252 e. The molecule has 9 nitrogen and oxygen atoms in total. The minimum absolute atomic E-state index is 0.0426. The smallest absolute Gasteiger partial charge is 0.252 e. The Morgan fingerprint density at radius 2 is 1.76 bits per heavy atom. The second-order valence-corrected chi connectivity index (χ2v) is 10.6. The number of benzene rings is 2. The molecular weight excluding hydrogens is 464 g/mol. The largest absolute Gasteiger partial charge is 0.369 e. The third-order valence-corrected chi connectivity index (χ3v) is 7.50. The Kier molecular flexibility index (Phi) is 5.60. The highest BCUT2D eigenvalue weighted by Gasteiger charge is 2.35. The molecule has 6 rings (SSSR count). The van der Waals surface area contributed by atoms with Crippen LogP contribution >= 0.6 is 0 Å². The van der Waals surface area contributed by atoms with Crippen molar-refractivity contribution < 1.29 is 4.79 Å². The van der Waals surface area contributed by atoms with E-state index in [9.17, 15) is 4.79 Å². The van der Waals surface area contributed by atoms with Gasteiger partial charge in [-0.3, -0.25) is 9.69 Å². The van der Waals surface area contributed by atoms with Crippen LogP contribution in [0.2, 0.25) is 0 Å². The Morgan fingerprint density at radius 1 is 1.00 bits per heavy atom. The number of nitrogens with zero attached hydrogens (tertiary/aromatic N) is 6. The normalized spacial score (nSPS) is 17.3. The van der Waals surface area contributed by atoms with Gasteiger partial charge in [-0.15, -0.1) is 0 Å². The van der Waals surface area contributed by atoms with Crippen molar-refractivity contribution in [2.24, 2.45) is 0 Å². The highest BCUT2D eigenvalue weighted by Crippen LogP contribution is 2.34. The molecule has 4 aromatic rings. The van der Waals surface area contributed by atoms with Crippen LogP contribution in [0.4, 0.5) is 17.2 Å². The first-order valence-corrected chi connectivity index (χ1v) is 12.8. The summed E-state index contributed by atoms with van der Waals surface area (Å²) in [5.74, 6) is 0.594. The molecule has 0 unspecified atom stereocenters. The van der Waals surface area contributed by atoms with E-state index < -0.39 is 5.54 Å². The highest BCUT2D eigenvalue weighted by molar-refractivity contribution is 6.00. The Bertz CT molecular complexity index is 1470. The Labute approximate surface area is 216 Å². The van der Waals surface area contributed by atoms with Crippen LogP contribution in [0.25, 0.3) is 16.9 Å². The molecule has 0 aliphatic carbocycles. The van der Waals surface area contributed by atoms with Gasteiger partial charge in [-0.05, 0) is 69.7 Å². The van der Waals surface area contributed by atoms with Gasteiger partial charge in [0.25, 0.3) is 5.91 Å². The summed E-state index contributed by atoms with van der Waals surface area (Å²) in [6.07, 6.45) is 3.33. The number of hydrogen-bond donors (Lipinski definition) is 2. The fourth-order valence-electron chi connectivity index (χ4n) is 5.33. The molecular formula is C28H32N8O. The number of nitrogens with one attached hydrogen (secondary N) is 2. The van der Waals surface area contributed by atoms with Crippen molar-refractivity contribution in [3.63, 3.8) is 0 Å². The van der Waals surface area contributed by atoms with Crippen molar-refractivity contribution in [2.45, 2.75) is 39.3 Å². The minimum Gasteiger partial charge on any atom is -0.369 e. The van der Waals surface area contributed by atoms with Gasteiger partial charge in [0.15, 0.2) is 11.5 Å². The average Bonchev–Trinajstić information content (AvgIpc) is 3.47. The molecule has 2 aliphatic heterocycles. The third kappa shape index (κ3) is 4.19. The van der Waals surface area contributed by atoms with Gasteiger partial charge < -0.3 is 15.5 Å². The number of rotatable bonds is 5. The minimum atomic E-state index is -0.424. The van der Waals surface area contributed by atoms with Gasteiger partial charge in [0.2, 0.25) is 0 Å². The van der Waals surface area contributed by atoms with Crippen LogP contribution in [0.1, 0.15) is 43.6 Å². The van der Waals surface area contributed by atoms with E-state index in [0.29, 0.717) is 23.1 Å². The monoisotopic (exact) mass is 496 g/mol. The zero-order chi connectivity index (χ0) is 25.7. The van der Waals surface area contributed by atoms with E-state index in [0.717, 1.165) is 48.7 Å². The quantitative estimate of drug-likeness (QED) is 0.431. The molecule has 1 saturated heterocycles. The number of amides is 1. The molecule has 9 heteroatoms. The molecule has 190 valence electrons. The van der Waals surface area contributed by atoms with E-state index in [4.69, 9.17) is 4.98 Å². The highest BCUT2D eigenvalue weighted by atomic mass is 16.2. The number of carbonyl (C=O) groups is 1. The van der Waals surface area contributed by atoms with Crippen molar-refractivity contribution in [3.05, 3.63) is 66.1 Å². The molecule has 2 N–H and O–H groups in total. The van der Waals surface area contributed by atoms with Gasteiger partial charge >= 0.3 is 0 Å². The summed E-state index contributed by atoms with van der Waals surface area (Å²) in [4.78, 5) is 26.4. The molecule has 1 amide bonds. The van der Waals surface area contributed by atoms with Crippen LogP contribution in [0.15, 0.2) is 55.0 Å². The average molecular weight is 497 g/mol. The molecule has 2 aromatic carbocycles. The lowest BCUT2D eigenvalue weighted by Crippen LogP contribution is -2.48. The lowest BCUT2D eigenvalue weighted by atomic mass is 9.92. The lowest BCUT2D eigenvalue weighted by Gasteiger charge is -2.38. The van der Waals surface area contributed by atoms with Crippen molar-refractivity contribution in [3.8, 4) is 11.3 Å². The number of aromatic nitrogens is 4. The fraction of sp³-hybridized carbons (Fsp3) is 0.357. The van der Waals surface area contributed by atoms with Crippen LogP contribution in [0.5, 0.6) is 0 Å². The Morgan fingerprint density at radius 3 is 2.49 bits per heavy atom. The summed E-state index contributed by atoms with van der Waals surface area (Å²) in [6, 6.07) is 14.9. The summed E-state index contributed by atoms with van der Waals surface area (Å²) in [7, 11) is 0. The molecule has 1 fully saturated rings. The molecule has 0 atom stereocenters. The summed E-state index contributed by atoms with van der Waals surface area (Å²) >= 11 is 0. The first-order valence-electron chi connectivity index (χ1n) is 12.8. The summed E-state index contributed by atoms with van der Waals surface area (Å²) in [5.41, 5.74) is 5.81. The zero-order valence-corrected chi connectivity index (χ0v) is 21.7. The standard InChI is InChI=1S/C28H32N8O/c1-18(2)34-11-13-35(14-12-34)21-8-6-20(7-9-21)32-25-26-30-17-31-36(26)24(16-29-25)19-5-10-22-23(15-19)28(3,4)33-27(22)37/h5-10,15-18H,11-14H2,1-4H3,(H,29,32)(H,33,37). The van der Waals surface area contributed by atoms with Crippen molar-refractivity contribution >= 4 is 28.7 Å². The van der Waals surface area contributed by atoms with Gasteiger partial charge in [-0.25, -0.2) is 14.5 Å². The van der Waals surface area contributed by atoms with E-state index in [1.54, 1.807) is 10.7 Å². The third-order valence-electron chi connectivity index (χ3n) is 7.50. The van der Waals surface area contributed by atoms with Crippen LogP contribution in [-0.4, -0.2) is 62.6 Å². The fourth-order valence-corrected chi connectivity index (χ4v) is 5.33. The summed E-state index contributed by atoms with van der Waals surface area (Å²) in [6.45, 7) is 12.8. The molecule has 0 radical (unpaired) electrons. The molecule has 37 heavy (non-hydrogen) atoms. The van der Waals surface area contributed by atoms with Crippen LogP contribution in [-0.2, 0) is 5.54 Å². The number of piperazine rings is 1. The lowest BCUT2D eigenvalue weighted by molar-refractivity contribution is 0.0940. The van der Waals surface area contributed by atoms with Gasteiger partial charge in [0, 0.05) is 54.7 Å². The second-order valence-electron chi connectivity index (χ2n) is 10.6. The topological polar surface area (TPSA) is 90.7 Å². The van der Waals surface area contributed by atoms with E-state index in [1.165, 1.54) is 12.0 Å². The van der Waals surface area contributed by atoms with Crippen LogP contribution in [0, 0.1) is 0 Å². The van der Waals surface area contributed by atoms with Gasteiger partial charge in [-0.2, -0.15) is 5.10 Å². The number of fused-ring (bicyclic) bond motifs is 2. The molecule has 0 bridgehead atoms. The van der Waals surface area contributed by atoms with Crippen LogP contribution < -0.4 is 15.5 Å². The SMILES string of the molecule is CC(C)N1CCN(c2ccc(Nc3ncc(-c4ccc5c(c4)C(C)(C)NC5=O)n4ncnc34)cc2)CC1. The van der Waals surface area contributed by atoms with E-state index >= 15 is 0 Å². The van der Waals surface area contributed by atoms with E-state index in [-0.39, 0.29) is 5.91 Å². The number of carbonyl (C=O) groups excluding carboxylic acids is 1. The zero-order valence-electron chi connectivity index (χ0n) is 21.7. The molecule has 2 aliphatic rings. The Balaban J connectivity index is 1.24. The summed E-state index contributed by atoms with van der Waals surface area (Å²) in [5, 5.41) is 10.9. The predicted octanol–water partition coefficient (Wildman–Crippen LogP) is 4.04. The van der Waals surface area contributed by atoms with Crippen molar-refractivity contribution in [1.29, 1.82) is 0 Å². The first-order chi connectivity index (χ1) is 17.8. The van der Waals surface area contributed by atoms with E-state index in [2.05, 4.69) is 68.6 Å². The molecule has 0 spiro atoms. The van der Waals surface area contributed by atoms with Crippen molar-refractivity contribution in [1.82, 2.24) is 29.8 Å².